The summed E-state index contributed by atoms with van der Waals surface area (Å²) < 4.78 is 5.49. The van der Waals surface area contributed by atoms with Gasteiger partial charge >= 0.3 is 0 Å². The maximum atomic E-state index is 11.1. The molecule has 0 radical (unpaired) electrons. The fourth-order valence-corrected chi connectivity index (χ4v) is 1.43. The van der Waals surface area contributed by atoms with Crippen molar-refractivity contribution in [3.63, 3.8) is 0 Å². The third kappa shape index (κ3) is 1.68. The minimum absolute atomic E-state index is 0.170. The van der Waals surface area contributed by atoms with E-state index < -0.39 is 0 Å². The van der Waals surface area contributed by atoms with Gasteiger partial charge in [-0.15, -0.1) is 0 Å². The number of allylic oxidation sites excluding steroid dienone is 1. The Morgan fingerprint density at radius 1 is 1.75 bits per heavy atom. The number of ketones is 1. The standard InChI is InChI=1S/C10H16O2/c1-4-8(2)10(3)7-9(11)5-6-12-10/h5-6,8H,4,7H2,1-3H3. The number of carbonyl (C=O) groups is 1. The molecule has 1 aliphatic heterocycles. The van der Waals surface area contributed by atoms with Gasteiger partial charge in [0, 0.05) is 6.08 Å². The monoisotopic (exact) mass is 168 g/mol. The fourth-order valence-electron chi connectivity index (χ4n) is 1.43. The molecule has 0 aromatic heterocycles. The summed E-state index contributed by atoms with van der Waals surface area (Å²) in [5.41, 5.74) is -0.277. The molecule has 12 heavy (non-hydrogen) atoms. The van der Waals surface area contributed by atoms with Gasteiger partial charge in [-0.2, -0.15) is 0 Å². The summed E-state index contributed by atoms with van der Waals surface area (Å²) in [4.78, 5) is 11.1. The predicted octanol–water partition coefficient (Wildman–Crippen LogP) is 2.29. The molecule has 0 bridgehead atoms. The van der Waals surface area contributed by atoms with Gasteiger partial charge in [-0.25, -0.2) is 0 Å². The molecule has 2 heteroatoms. The smallest absolute Gasteiger partial charge is 0.162 e. The molecule has 1 aliphatic rings. The summed E-state index contributed by atoms with van der Waals surface area (Å²) in [6.07, 6.45) is 4.58. The molecule has 68 valence electrons. The highest BCUT2D eigenvalue weighted by Crippen LogP contribution is 2.30. The summed E-state index contributed by atoms with van der Waals surface area (Å²) in [5.74, 6) is 0.593. The van der Waals surface area contributed by atoms with Crippen LogP contribution in [0.2, 0.25) is 0 Å². The van der Waals surface area contributed by atoms with Crippen molar-refractivity contribution in [3.8, 4) is 0 Å². The average molecular weight is 168 g/mol. The van der Waals surface area contributed by atoms with Gasteiger partial charge in [-0.1, -0.05) is 13.8 Å². The molecule has 0 saturated heterocycles. The van der Waals surface area contributed by atoms with Crippen LogP contribution in [0.5, 0.6) is 0 Å². The van der Waals surface area contributed by atoms with E-state index in [9.17, 15) is 4.79 Å². The van der Waals surface area contributed by atoms with Crippen LogP contribution >= 0.6 is 0 Å². The largest absolute Gasteiger partial charge is 0.494 e. The molecular formula is C10H16O2. The van der Waals surface area contributed by atoms with Crippen LogP contribution in [0, 0.1) is 5.92 Å². The first-order valence-electron chi connectivity index (χ1n) is 4.45. The van der Waals surface area contributed by atoms with Crippen LogP contribution in [-0.2, 0) is 9.53 Å². The van der Waals surface area contributed by atoms with Crippen LogP contribution in [0.4, 0.5) is 0 Å². The first-order valence-corrected chi connectivity index (χ1v) is 4.45. The molecule has 2 nitrogen and oxygen atoms in total. The molecular weight excluding hydrogens is 152 g/mol. The summed E-state index contributed by atoms with van der Waals surface area (Å²) in [5, 5.41) is 0. The lowest BCUT2D eigenvalue weighted by atomic mass is 9.83. The Hall–Kier alpha value is -0.790. The highest BCUT2D eigenvalue weighted by Gasteiger charge is 2.35. The topological polar surface area (TPSA) is 26.3 Å². The third-order valence-corrected chi connectivity index (χ3v) is 2.77. The van der Waals surface area contributed by atoms with Gasteiger partial charge in [-0.3, -0.25) is 4.79 Å². The first-order chi connectivity index (χ1) is 5.58. The van der Waals surface area contributed by atoms with Gasteiger partial charge in [-0.05, 0) is 19.3 Å². The van der Waals surface area contributed by atoms with Crippen LogP contribution in [0.1, 0.15) is 33.6 Å². The second-order valence-electron chi connectivity index (χ2n) is 3.69. The Labute approximate surface area is 73.6 Å². The lowest BCUT2D eigenvalue weighted by molar-refractivity contribution is -0.124. The molecule has 0 aromatic rings. The summed E-state index contributed by atoms with van der Waals surface area (Å²) in [6, 6.07) is 0. The number of carbonyl (C=O) groups excluding carboxylic acids is 1. The SMILES string of the molecule is CCC(C)C1(C)CC(=O)C=CO1. The highest BCUT2D eigenvalue weighted by molar-refractivity contribution is 5.90. The molecule has 0 saturated carbocycles. The minimum atomic E-state index is -0.277. The van der Waals surface area contributed by atoms with E-state index in [0.29, 0.717) is 12.3 Å². The van der Waals surface area contributed by atoms with E-state index in [1.54, 1.807) is 0 Å². The first kappa shape index (κ1) is 9.30. The van der Waals surface area contributed by atoms with E-state index in [1.807, 2.05) is 6.92 Å². The van der Waals surface area contributed by atoms with E-state index in [4.69, 9.17) is 4.74 Å². The molecule has 0 aliphatic carbocycles. The van der Waals surface area contributed by atoms with Gasteiger partial charge in [0.05, 0.1) is 12.7 Å². The molecule has 1 heterocycles. The van der Waals surface area contributed by atoms with Gasteiger partial charge in [0.1, 0.15) is 5.60 Å². The Balaban J connectivity index is 2.72. The molecule has 0 N–H and O–H groups in total. The van der Waals surface area contributed by atoms with Crippen molar-refractivity contribution in [1.82, 2.24) is 0 Å². The second kappa shape index (κ2) is 3.30. The number of hydrogen-bond donors (Lipinski definition) is 0. The molecule has 0 spiro atoms. The maximum absolute atomic E-state index is 11.1. The van der Waals surface area contributed by atoms with Crippen LogP contribution in [0.15, 0.2) is 12.3 Å². The number of rotatable bonds is 2. The predicted molar refractivity (Wildman–Crippen MR) is 47.7 cm³/mol. The normalized spacial score (nSPS) is 31.4. The molecule has 0 amide bonds. The Bertz CT molecular complexity index is 208. The van der Waals surface area contributed by atoms with Crippen molar-refractivity contribution < 1.29 is 9.53 Å². The van der Waals surface area contributed by atoms with Crippen LogP contribution < -0.4 is 0 Å². The summed E-state index contributed by atoms with van der Waals surface area (Å²) in [6.45, 7) is 6.23. The maximum Gasteiger partial charge on any atom is 0.162 e. The Morgan fingerprint density at radius 2 is 2.42 bits per heavy atom. The van der Waals surface area contributed by atoms with Crippen molar-refractivity contribution in [3.05, 3.63) is 12.3 Å². The highest BCUT2D eigenvalue weighted by atomic mass is 16.5. The van der Waals surface area contributed by atoms with Crippen LogP contribution in [-0.4, -0.2) is 11.4 Å². The van der Waals surface area contributed by atoms with E-state index in [0.717, 1.165) is 6.42 Å². The summed E-state index contributed by atoms with van der Waals surface area (Å²) in [7, 11) is 0. The van der Waals surface area contributed by atoms with Gasteiger partial charge in [0.2, 0.25) is 0 Å². The number of ether oxygens (including phenoxy) is 1. The zero-order valence-corrected chi connectivity index (χ0v) is 7.96. The molecule has 2 unspecified atom stereocenters. The van der Waals surface area contributed by atoms with Crippen molar-refractivity contribution in [2.24, 2.45) is 5.92 Å². The summed E-state index contributed by atoms with van der Waals surface area (Å²) >= 11 is 0. The lowest BCUT2D eigenvalue weighted by Crippen LogP contribution is -2.38. The van der Waals surface area contributed by atoms with E-state index in [2.05, 4.69) is 13.8 Å². The quantitative estimate of drug-likeness (QED) is 0.632. The second-order valence-corrected chi connectivity index (χ2v) is 3.69. The molecule has 1 rings (SSSR count). The minimum Gasteiger partial charge on any atom is -0.494 e. The van der Waals surface area contributed by atoms with Gasteiger partial charge in [0.15, 0.2) is 5.78 Å². The lowest BCUT2D eigenvalue weighted by Gasteiger charge is -2.35. The van der Waals surface area contributed by atoms with Crippen molar-refractivity contribution in [2.75, 3.05) is 0 Å². The van der Waals surface area contributed by atoms with Crippen molar-refractivity contribution in [2.45, 2.75) is 39.2 Å². The average Bonchev–Trinajstić information content (AvgIpc) is 2.02. The van der Waals surface area contributed by atoms with Crippen molar-refractivity contribution in [1.29, 1.82) is 0 Å². The molecule has 2 atom stereocenters. The molecule has 0 fully saturated rings. The fraction of sp³-hybridized carbons (Fsp3) is 0.700. The van der Waals surface area contributed by atoms with Crippen LogP contribution in [0.3, 0.4) is 0 Å². The number of hydrogen-bond acceptors (Lipinski definition) is 2. The Morgan fingerprint density at radius 3 is 2.92 bits per heavy atom. The van der Waals surface area contributed by atoms with E-state index in [1.165, 1.54) is 12.3 Å². The van der Waals surface area contributed by atoms with E-state index in [-0.39, 0.29) is 11.4 Å². The van der Waals surface area contributed by atoms with Gasteiger partial charge in [0.25, 0.3) is 0 Å². The van der Waals surface area contributed by atoms with Crippen molar-refractivity contribution >= 4 is 5.78 Å². The Kier molecular flexibility index (Phi) is 2.55. The van der Waals surface area contributed by atoms with Crippen LogP contribution in [0.25, 0.3) is 0 Å². The van der Waals surface area contributed by atoms with Gasteiger partial charge < -0.3 is 4.74 Å². The third-order valence-electron chi connectivity index (χ3n) is 2.77. The van der Waals surface area contributed by atoms with E-state index >= 15 is 0 Å². The zero-order valence-electron chi connectivity index (χ0n) is 7.96. The zero-order chi connectivity index (χ0) is 9.19. The molecule has 0 aromatic carbocycles.